The fourth-order valence-electron chi connectivity index (χ4n) is 5.09. The third kappa shape index (κ3) is 2.32. The second-order valence-corrected chi connectivity index (χ2v) is 9.55. The lowest BCUT2D eigenvalue weighted by molar-refractivity contribution is -0.744. The molecule has 3 aromatic carbocycles. The van der Waals surface area contributed by atoms with Gasteiger partial charge in [0.25, 0.3) is 0 Å². The number of hydrogen-bond donors (Lipinski definition) is 0. The van der Waals surface area contributed by atoms with Gasteiger partial charge in [-0.05, 0) is 62.4 Å². The van der Waals surface area contributed by atoms with Crippen LogP contribution >= 0.6 is 0 Å². The summed E-state index contributed by atoms with van der Waals surface area (Å²) in [6.45, 7) is 11.8. The van der Waals surface area contributed by atoms with Gasteiger partial charge in [0.05, 0.1) is 6.20 Å². The Morgan fingerprint density at radius 2 is 1.55 bits per heavy atom. The maximum atomic E-state index is 2.43. The molecule has 0 aliphatic heterocycles. The van der Waals surface area contributed by atoms with Gasteiger partial charge in [0, 0.05) is 6.07 Å². The first-order valence-corrected chi connectivity index (χ1v) is 10.4. The van der Waals surface area contributed by atoms with Crippen molar-refractivity contribution in [2.24, 2.45) is 7.05 Å². The van der Waals surface area contributed by atoms with Crippen molar-refractivity contribution >= 4 is 10.8 Å². The third-order valence-corrected chi connectivity index (χ3v) is 7.56. The van der Waals surface area contributed by atoms with Crippen LogP contribution in [0.5, 0.6) is 0 Å². The van der Waals surface area contributed by atoms with Crippen molar-refractivity contribution in [1.82, 2.24) is 4.68 Å². The Kier molecular flexibility index (Phi) is 3.65. The maximum absolute atomic E-state index is 2.43. The quantitative estimate of drug-likeness (QED) is 0.358. The third-order valence-electron chi connectivity index (χ3n) is 7.56. The molecule has 5 rings (SSSR count). The number of aromatic nitrogens is 2. The van der Waals surface area contributed by atoms with Crippen molar-refractivity contribution in [3.63, 3.8) is 0 Å². The molecular weight excluding hydrogens is 352 g/mol. The predicted octanol–water partition coefficient (Wildman–Crippen LogP) is 6.00. The van der Waals surface area contributed by atoms with Crippen LogP contribution in [0.4, 0.5) is 0 Å². The topological polar surface area (TPSA) is 8.81 Å². The Labute approximate surface area is 173 Å². The molecule has 2 heteroatoms. The predicted molar refractivity (Wildman–Crippen MR) is 121 cm³/mol. The summed E-state index contributed by atoms with van der Waals surface area (Å²) < 4.78 is 4.36. The SMILES string of the molecule is Cc1cc2c(cc1-n1ccc[n+]1C)-c1c(ccc3ccccc13)C(C)(C)C2(C)C. The highest BCUT2D eigenvalue weighted by Crippen LogP contribution is 2.55. The van der Waals surface area contributed by atoms with E-state index in [0.717, 1.165) is 0 Å². The molecule has 29 heavy (non-hydrogen) atoms. The zero-order valence-corrected chi connectivity index (χ0v) is 18.2. The van der Waals surface area contributed by atoms with Crippen molar-refractivity contribution < 1.29 is 4.68 Å². The van der Waals surface area contributed by atoms with E-state index in [9.17, 15) is 0 Å². The van der Waals surface area contributed by atoms with Crippen LogP contribution < -0.4 is 4.68 Å². The highest BCUT2D eigenvalue weighted by Gasteiger charge is 2.46. The summed E-state index contributed by atoms with van der Waals surface area (Å²) in [5.41, 5.74) is 8.27. The van der Waals surface area contributed by atoms with Crippen LogP contribution in [-0.2, 0) is 17.9 Å². The van der Waals surface area contributed by atoms with Gasteiger partial charge in [0.15, 0.2) is 13.2 Å². The fraction of sp³-hybridized carbons (Fsp3) is 0.296. The van der Waals surface area contributed by atoms with E-state index in [-0.39, 0.29) is 10.8 Å². The van der Waals surface area contributed by atoms with Crippen molar-refractivity contribution in [1.29, 1.82) is 0 Å². The molecule has 0 amide bonds. The summed E-state index contributed by atoms with van der Waals surface area (Å²) >= 11 is 0. The molecule has 0 bridgehead atoms. The minimum absolute atomic E-state index is 0.0277. The van der Waals surface area contributed by atoms with E-state index >= 15 is 0 Å². The summed E-state index contributed by atoms with van der Waals surface area (Å²) in [7, 11) is 2.09. The monoisotopic (exact) mass is 381 g/mol. The average molecular weight is 382 g/mol. The van der Waals surface area contributed by atoms with Crippen LogP contribution in [0.2, 0.25) is 0 Å². The van der Waals surface area contributed by atoms with Crippen LogP contribution in [0.3, 0.4) is 0 Å². The summed E-state index contributed by atoms with van der Waals surface area (Å²) in [6.07, 6.45) is 4.23. The fourth-order valence-corrected chi connectivity index (χ4v) is 5.09. The van der Waals surface area contributed by atoms with Gasteiger partial charge in [-0.25, -0.2) is 0 Å². The highest BCUT2D eigenvalue weighted by atomic mass is 15.4. The Morgan fingerprint density at radius 1 is 0.828 bits per heavy atom. The van der Waals surface area contributed by atoms with E-state index in [0.29, 0.717) is 0 Å². The second-order valence-electron chi connectivity index (χ2n) is 9.55. The van der Waals surface area contributed by atoms with Crippen LogP contribution in [0.15, 0.2) is 67.0 Å². The van der Waals surface area contributed by atoms with Crippen LogP contribution in [0, 0.1) is 6.92 Å². The standard InChI is InChI=1S/C27H29N2/c1-18-16-23-21(17-24(18)29-15-9-14-28(29)6)25-20-11-8-7-10-19(20)12-13-22(25)26(2,3)27(23,4)5/h7-17H,1-6H3/q+1. The molecule has 0 saturated heterocycles. The van der Waals surface area contributed by atoms with Crippen molar-refractivity contribution in [3.05, 3.63) is 83.7 Å². The Balaban J connectivity index is 1.94. The number of rotatable bonds is 1. The highest BCUT2D eigenvalue weighted by molar-refractivity contribution is 6.01. The number of aryl methyl sites for hydroxylation is 2. The van der Waals surface area contributed by atoms with E-state index in [1.54, 1.807) is 0 Å². The Hall–Kier alpha value is -2.87. The van der Waals surface area contributed by atoms with Gasteiger partial charge in [-0.2, -0.15) is 0 Å². The van der Waals surface area contributed by atoms with E-state index in [4.69, 9.17) is 0 Å². The zero-order chi connectivity index (χ0) is 20.6. The van der Waals surface area contributed by atoms with Crippen LogP contribution in [-0.4, -0.2) is 4.68 Å². The number of benzene rings is 3. The second kappa shape index (κ2) is 5.82. The largest absolute Gasteiger partial charge is 0.195 e. The van der Waals surface area contributed by atoms with E-state index in [1.165, 1.54) is 44.3 Å². The van der Waals surface area contributed by atoms with Gasteiger partial charge in [-0.15, -0.1) is 9.36 Å². The minimum atomic E-state index is 0.0277. The van der Waals surface area contributed by atoms with Gasteiger partial charge in [-0.3, -0.25) is 0 Å². The molecular formula is C27H29N2+. The van der Waals surface area contributed by atoms with Crippen molar-refractivity contribution in [2.45, 2.75) is 45.4 Å². The molecule has 0 unspecified atom stereocenters. The summed E-state index contributed by atoms with van der Waals surface area (Å²) in [4.78, 5) is 0. The first kappa shape index (κ1) is 18.2. The van der Waals surface area contributed by atoms with E-state index < -0.39 is 0 Å². The molecule has 4 aromatic rings. The van der Waals surface area contributed by atoms with Crippen LogP contribution in [0.1, 0.15) is 44.4 Å². The summed E-state index contributed by atoms with van der Waals surface area (Å²) in [6, 6.07) is 20.4. The number of fused-ring (bicyclic) bond motifs is 5. The molecule has 1 heterocycles. The lowest BCUT2D eigenvalue weighted by atomic mass is 9.55. The van der Waals surface area contributed by atoms with Gasteiger partial charge >= 0.3 is 0 Å². The van der Waals surface area contributed by atoms with E-state index in [2.05, 4.69) is 118 Å². The average Bonchev–Trinajstić information content (AvgIpc) is 3.11. The normalized spacial score (nSPS) is 16.5. The maximum Gasteiger partial charge on any atom is 0.195 e. The van der Waals surface area contributed by atoms with Gasteiger partial charge in [0.1, 0.15) is 5.69 Å². The number of hydrogen-bond acceptors (Lipinski definition) is 0. The molecule has 1 aliphatic rings. The lowest BCUT2D eigenvalue weighted by Crippen LogP contribution is -2.44. The molecule has 0 saturated carbocycles. The van der Waals surface area contributed by atoms with Crippen molar-refractivity contribution in [2.75, 3.05) is 0 Å². The Morgan fingerprint density at radius 3 is 2.28 bits per heavy atom. The first-order chi connectivity index (χ1) is 13.7. The van der Waals surface area contributed by atoms with Crippen LogP contribution in [0.25, 0.3) is 27.6 Å². The zero-order valence-electron chi connectivity index (χ0n) is 18.2. The summed E-state index contributed by atoms with van der Waals surface area (Å²) in [5, 5.41) is 2.66. The molecule has 1 aromatic heterocycles. The molecule has 0 radical (unpaired) electrons. The summed E-state index contributed by atoms with van der Waals surface area (Å²) in [5.74, 6) is 0. The molecule has 0 N–H and O–H groups in total. The molecule has 0 atom stereocenters. The molecule has 1 aliphatic carbocycles. The van der Waals surface area contributed by atoms with E-state index in [1.807, 2.05) is 0 Å². The van der Waals surface area contributed by atoms with Crippen molar-refractivity contribution in [3.8, 4) is 16.8 Å². The first-order valence-electron chi connectivity index (χ1n) is 10.4. The van der Waals surface area contributed by atoms with Gasteiger partial charge < -0.3 is 0 Å². The smallest absolute Gasteiger partial charge is 0.128 e. The van der Waals surface area contributed by atoms with Gasteiger partial charge in [0.2, 0.25) is 0 Å². The van der Waals surface area contributed by atoms with Gasteiger partial charge in [-0.1, -0.05) is 70.2 Å². The molecule has 146 valence electrons. The molecule has 0 fully saturated rings. The lowest BCUT2D eigenvalue weighted by Gasteiger charge is -2.49. The minimum Gasteiger partial charge on any atom is -0.128 e. The number of nitrogens with zero attached hydrogens (tertiary/aromatic N) is 2. The molecule has 2 nitrogen and oxygen atoms in total. The Bertz CT molecular complexity index is 1270. The molecule has 0 spiro atoms.